The maximum Gasteiger partial charge on any atom is 0.221 e. The largest absolute Gasteiger partial charge is 0.493 e. The van der Waals surface area contributed by atoms with Gasteiger partial charge in [0.15, 0.2) is 0 Å². The molecule has 1 aromatic carbocycles. The van der Waals surface area contributed by atoms with Crippen LogP contribution in [0.5, 0.6) is 5.75 Å². The molecule has 0 saturated carbocycles. The molecule has 0 bridgehead atoms. The number of nitrogens with zero attached hydrogens (tertiary/aromatic N) is 1. The monoisotopic (exact) mass is 349 g/mol. The number of carbonyl (C=O) groups is 1. The number of halogens is 1. The second kappa shape index (κ2) is 8.63. The van der Waals surface area contributed by atoms with Crippen LogP contribution in [0.1, 0.15) is 43.7 Å². The molecule has 0 spiro atoms. The van der Waals surface area contributed by atoms with Crippen molar-refractivity contribution in [2.24, 2.45) is 11.7 Å². The summed E-state index contributed by atoms with van der Waals surface area (Å²) in [6.45, 7) is 4.32. The van der Waals surface area contributed by atoms with Crippen molar-refractivity contribution in [2.75, 3.05) is 32.8 Å². The van der Waals surface area contributed by atoms with Crippen LogP contribution in [0.2, 0.25) is 0 Å². The molecule has 1 aromatic rings. The van der Waals surface area contributed by atoms with Gasteiger partial charge in [-0.2, -0.15) is 0 Å². The van der Waals surface area contributed by atoms with Crippen molar-refractivity contribution in [2.45, 2.75) is 38.1 Å². The van der Waals surface area contributed by atoms with Gasteiger partial charge in [0.1, 0.15) is 11.6 Å². The summed E-state index contributed by atoms with van der Waals surface area (Å²) in [7, 11) is 0. The zero-order valence-electron chi connectivity index (χ0n) is 14.7. The Morgan fingerprint density at radius 3 is 3.08 bits per heavy atom. The molecule has 5 nitrogen and oxygen atoms in total. The van der Waals surface area contributed by atoms with E-state index in [1.807, 2.05) is 6.07 Å². The summed E-state index contributed by atoms with van der Waals surface area (Å²) in [6, 6.07) is 5.01. The number of hydrogen-bond donors (Lipinski definition) is 2. The summed E-state index contributed by atoms with van der Waals surface area (Å²) in [5.41, 5.74) is 6.48. The van der Waals surface area contributed by atoms with Gasteiger partial charge in [-0.25, -0.2) is 4.39 Å². The summed E-state index contributed by atoms with van der Waals surface area (Å²) in [6.07, 6.45) is 4.92. The third kappa shape index (κ3) is 4.92. The van der Waals surface area contributed by atoms with E-state index >= 15 is 0 Å². The SMILES string of the molecule is NC(=O)[C@H]1CCCN(CCCN[C@@H]2CCCOc3cc(F)ccc32)C1. The van der Waals surface area contributed by atoms with Crippen molar-refractivity contribution in [1.82, 2.24) is 10.2 Å². The molecule has 2 heterocycles. The fourth-order valence-electron chi connectivity index (χ4n) is 3.83. The van der Waals surface area contributed by atoms with Crippen LogP contribution in [-0.2, 0) is 4.79 Å². The maximum absolute atomic E-state index is 13.4. The molecule has 138 valence electrons. The highest BCUT2D eigenvalue weighted by Gasteiger charge is 2.24. The number of piperidine rings is 1. The number of hydrogen-bond acceptors (Lipinski definition) is 4. The van der Waals surface area contributed by atoms with E-state index in [4.69, 9.17) is 10.5 Å². The van der Waals surface area contributed by atoms with Crippen molar-refractivity contribution in [3.8, 4) is 5.75 Å². The molecule has 0 aliphatic carbocycles. The Hall–Kier alpha value is -1.66. The molecule has 6 heteroatoms. The van der Waals surface area contributed by atoms with Gasteiger partial charge in [0.05, 0.1) is 12.5 Å². The zero-order chi connectivity index (χ0) is 17.6. The summed E-state index contributed by atoms with van der Waals surface area (Å²) in [4.78, 5) is 13.7. The second-order valence-electron chi connectivity index (χ2n) is 7.08. The highest BCUT2D eigenvalue weighted by Crippen LogP contribution is 2.32. The number of amides is 1. The minimum atomic E-state index is -0.256. The van der Waals surface area contributed by atoms with Gasteiger partial charge in [0, 0.05) is 24.2 Å². The Morgan fingerprint density at radius 2 is 2.24 bits per heavy atom. The highest BCUT2D eigenvalue weighted by molar-refractivity contribution is 5.76. The standard InChI is InChI=1S/C19H28FN3O2/c20-15-6-7-16-17(5-2-11-25-18(16)12-15)22-8-3-10-23-9-1-4-14(13-23)19(21)24/h6-7,12,14,17,22H,1-5,8-11,13H2,(H2,21,24)/t14-,17+/m0/s1. The molecule has 0 unspecified atom stereocenters. The van der Waals surface area contributed by atoms with Crippen LogP contribution in [-0.4, -0.2) is 43.6 Å². The number of rotatable bonds is 6. The number of likely N-dealkylation sites (tertiary alicyclic amines) is 1. The first-order valence-corrected chi connectivity index (χ1v) is 9.31. The molecule has 2 aliphatic rings. The van der Waals surface area contributed by atoms with E-state index < -0.39 is 0 Å². The van der Waals surface area contributed by atoms with Crippen LogP contribution in [0.15, 0.2) is 18.2 Å². The quantitative estimate of drug-likeness (QED) is 0.773. The van der Waals surface area contributed by atoms with E-state index in [1.165, 1.54) is 12.1 Å². The van der Waals surface area contributed by atoms with Gasteiger partial charge in [-0.05, 0) is 57.8 Å². The molecule has 3 N–H and O–H groups in total. The van der Waals surface area contributed by atoms with Crippen molar-refractivity contribution in [3.05, 3.63) is 29.6 Å². The number of fused-ring (bicyclic) bond motifs is 1. The average molecular weight is 349 g/mol. The second-order valence-corrected chi connectivity index (χ2v) is 7.08. The molecule has 0 radical (unpaired) electrons. The molecular formula is C19H28FN3O2. The van der Waals surface area contributed by atoms with Gasteiger partial charge < -0.3 is 20.7 Å². The lowest BCUT2D eigenvalue weighted by Gasteiger charge is -2.31. The first-order chi connectivity index (χ1) is 12.1. The van der Waals surface area contributed by atoms with E-state index in [0.29, 0.717) is 12.4 Å². The fraction of sp³-hybridized carbons (Fsp3) is 0.632. The Morgan fingerprint density at radius 1 is 1.36 bits per heavy atom. The molecule has 1 amide bonds. The average Bonchev–Trinajstić information content (AvgIpc) is 2.80. The third-order valence-corrected chi connectivity index (χ3v) is 5.20. The first kappa shape index (κ1) is 18.1. The summed E-state index contributed by atoms with van der Waals surface area (Å²) >= 11 is 0. The van der Waals surface area contributed by atoms with Crippen molar-refractivity contribution in [1.29, 1.82) is 0 Å². The van der Waals surface area contributed by atoms with E-state index in [2.05, 4.69) is 10.2 Å². The number of nitrogens with one attached hydrogen (secondary N) is 1. The van der Waals surface area contributed by atoms with E-state index in [9.17, 15) is 9.18 Å². The number of carbonyl (C=O) groups excluding carboxylic acids is 1. The fourth-order valence-corrected chi connectivity index (χ4v) is 3.83. The van der Waals surface area contributed by atoms with Crippen LogP contribution in [0.25, 0.3) is 0 Å². The van der Waals surface area contributed by atoms with Crippen LogP contribution in [0, 0.1) is 11.7 Å². The van der Waals surface area contributed by atoms with Gasteiger partial charge in [-0.1, -0.05) is 6.07 Å². The van der Waals surface area contributed by atoms with Gasteiger partial charge in [0.2, 0.25) is 5.91 Å². The number of ether oxygens (including phenoxy) is 1. The molecule has 3 rings (SSSR count). The molecule has 2 atom stereocenters. The molecule has 25 heavy (non-hydrogen) atoms. The lowest BCUT2D eigenvalue weighted by Crippen LogP contribution is -2.42. The molecule has 1 fully saturated rings. The number of benzene rings is 1. The van der Waals surface area contributed by atoms with Gasteiger partial charge in [-0.3, -0.25) is 4.79 Å². The number of primary amides is 1. The lowest BCUT2D eigenvalue weighted by atomic mass is 9.97. The third-order valence-electron chi connectivity index (χ3n) is 5.20. The van der Waals surface area contributed by atoms with Crippen LogP contribution in [0.4, 0.5) is 4.39 Å². The van der Waals surface area contributed by atoms with Crippen molar-refractivity contribution in [3.63, 3.8) is 0 Å². The highest BCUT2D eigenvalue weighted by atomic mass is 19.1. The van der Waals surface area contributed by atoms with Crippen LogP contribution >= 0.6 is 0 Å². The number of nitrogens with two attached hydrogens (primary N) is 1. The first-order valence-electron chi connectivity index (χ1n) is 9.31. The normalized spacial score (nSPS) is 24.2. The van der Waals surface area contributed by atoms with E-state index in [-0.39, 0.29) is 23.7 Å². The summed E-state index contributed by atoms with van der Waals surface area (Å²) in [5.74, 6) is 0.233. The minimum Gasteiger partial charge on any atom is -0.493 e. The van der Waals surface area contributed by atoms with E-state index in [1.54, 1.807) is 0 Å². The Kier molecular flexibility index (Phi) is 6.26. The van der Waals surface area contributed by atoms with Crippen molar-refractivity contribution >= 4 is 5.91 Å². The van der Waals surface area contributed by atoms with Gasteiger partial charge >= 0.3 is 0 Å². The predicted octanol–water partition coefficient (Wildman–Crippen LogP) is 2.22. The summed E-state index contributed by atoms with van der Waals surface area (Å²) in [5, 5.41) is 3.59. The van der Waals surface area contributed by atoms with Crippen LogP contribution < -0.4 is 15.8 Å². The van der Waals surface area contributed by atoms with Crippen LogP contribution in [0.3, 0.4) is 0 Å². The van der Waals surface area contributed by atoms with Gasteiger partial charge in [-0.15, -0.1) is 0 Å². The molecular weight excluding hydrogens is 321 g/mol. The molecule has 0 aromatic heterocycles. The maximum atomic E-state index is 13.4. The smallest absolute Gasteiger partial charge is 0.221 e. The molecule has 1 saturated heterocycles. The predicted molar refractivity (Wildman–Crippen MR) is 94.8 cm³/mol. The van der Waals surface area contributed by atoms with E-state index in [0.717, 1.165) is 63.8 Å². The Balaban J connectivity index is 1.47. The molecule has 2 aliphatic heterocycles. The minimum absolute atomic E-state index is 0.00230. The van der Waals surface area contributed by atoms with Gasteiger partial charge in [0.25, 0.3) is 0 Å². The Bertz CT molecular complexity index is 596. The van der Waals surface area contributed by atoms with Crippen molar-refractivity contribution < 1.29 is 13.9 Å². The topological polar surface area (TPSA) is 67.6 Å². The zero-order valence-corrected chi connectivity index (χ0v) is 14.7. The lowest BCUT2D eigenvalue weighted by molar-refractivity contribution is -0.123. The summed E-state index contributed by atoms with van der Waals surface area (Å²) < 4.78 is 19.1. The Labute approximate surface area is 148 Å².